The van der Waals surface area contributed by atoms with Gasteiger partial charge in [0.05, 0.1) is 17.3 Å². The minimum Gasteiger partial charge on any atom is -0.266 e. The molecule has 0 unspecified atom stereocenters. The van der Waals surface area contributed by atoms with Crippen LogP contribution in [-0.4, -0.2) is 25.7 Å². The van der Waals surface area contributed by atoms with Crippen LogP contribution in [0, 0.1) is 10.1 Å². The van der Waals surface area contributed by atoms with Crippen molar-refractivity contribution < 1.29 is 17.5 Å². The van der Waals surface area contributed by atoms with Crippen LogP contribution in [0.25, 0.3) is 0 Å². The molecule has 17 heavy (non-hydrogen) atoms. The standard InChI is InChI=1S/C10H11NO5S/c1-17(14,15)16-10-5-7-2-3-9(11(12)13)4-8(7)6-10/h2-4,10H,5-6H2,1H3/t10-/m1/s1. The van der Waals surface area contributed by atoms with Gasteiger partial charge in [-0.1, -0.05) is 6.07 Å². The highest BCUT2D eigenvalue weighted by atomic mass is 32.2. The van der Waals surface area contributed by atoms with Gasteiger partial charge in [0, 0.05) is 25.0 Å². The summed E-state index contributed by atoms with van der Waals surface area (Å²) in [6, 6.07) is 4.54. The summed E-state index contributed by atoms with van der Waals surface area (Å²) in [4.78, 5) is 10.1. The lowest BCUT2D eigenvalue weighted by molar-refractivity contribution is -0.384. The Morgan fingerprint density at radius 3 is 2.59 bits per heavy atom. The molecule has 6 nitrogen and oxygen atoms in total. The molecular formula is C10H11NO5S. The topological polar surface area (TPSA) is 86.5 Å². The average Bonchev–Trinajstić information content (AvgIpc) is 2.54. The monoisotopic (exact) mass is 257 g/mol. The van der Waals surface area contributed by atoms with Gasteiger partial charge in [-0.25, -0.2) is 0 Å². The zero-order valence-corrected chi connectivity index (χ0v) is 9.94. The van der Waals surface area contributed by atoms with Gasteiger partial charge in [-0.15, -0.1) is 0 Å². The molecule has 2 rings (SSSR count). The summed E-state index contributed by atoms with van der Waals surface area (Å²) >= 11 is 0. The summed E-state index contributed by atoms with van der Waals surface area (Å²) < 4.78 is 26.8. The van der Waals surface area contributed by atoms with Crippen molar-refractivity contribution in [3.63, 3.8) is 0 Å². The van der Waals surface area contributed by atoms with Crippen LogP contribution in [0.4, 0.5) is 5.69 Å². The zero-order chi connectivity index (χ0) is 12.6. The highest BCUT2D eigenvalue weighted by Gasteiger charge is 2.26. The van der Waals surface area contributed by atoms with E-state index in [0.29, 0.717) is 12.8 Å². The summed E-state index contributed by atoms with van der Waals surface area (Å²) in [7, 11) is -3.49. The number of rotatable bonds is 3. The van der Waals surface area contributed by atoms with E-state index < -0.39 is 21.1 Å². The van der Waals surface area contributed by atoms with Crippen molar-refractivity contribution in [1.82, 2.24) is 0 Å². The lowest BCUT2D eigenvalue weighted by Crippen LogP contribution is -2.17. The SMILES string of the molecule is CS(=O)(=O)O[C@@H]1Cc2ccc([N+](=O)[O-])cc2C1. The summed E-state index contributed by atoms with van der Waals surface area (Å²) in [6.07, 6.45) is 1.42. The molecule has 1 aromatic carbocycles. The first-order valence-corrected chi connectivity index (χ1v) is 6.81. The molecule has 0 aromatic heterocycles. The molecule has 1 aromatic rings. The second-order valence-corrected chi connectivity index (χ2v) is 5.64. The number of fused-ring (bicyclic) bond motifs is 1. The fourth-order valence-electron chi connectivity index (χ4n) is 1.99. The molecule has 1 aliphatic carbocycles. The lowest BCUT2D eigenvalue weighted by atomic mass is 10.1. The van der Waals surface area contributed by atoms with Gasteiger partial charge in [0.25, 0.3) is 15.8 Å². The molecule has 0 radical (unpaired) electrons. The molecule has 0 N–H and O–H groups in total. The predicted molar refractivity (Wildman–Crippen MR) is 60.2 cm³/mol. The Kier molecular flexibility index (Phi) is 2.88. The minimum atomic E-state index is -3.49. The predicted octanol–water partition coefficient (Wildman–Crippen LogP) is 1.04. The maximum absolute atomic E-state index is 11.0. The number of hydrogen-bond acceptors (Lipinski definition) is 5. The molecule has 1 aliphatic rings. The van der Waals surface area contributed by atoms with Crippen LogP contribution < -0.4 is 0 Å². The molecule has 7 heteroatoms. The van der Waals surface area contributed by atoms with Gasteiger partial charge < -0.3 is 0 Å². The fraction of sp³-hybridized carbons (Fsp3) is 0.400. The van der Waals surface area contributed by atoms with Crippen LogP contribution in [0.15, 0.2) is 18.2 Å². The number of non-ortho nitro benzene ring substituents is 1. The Hall–Kier alpha value is -1.47. The molecule has 0 fully saturated rings. The highest BCUT2D eigenvalue weighted by molar-refractivity contribution is 7.86. The average molecular weight is 257 g/mol. The van der Waals surface area contributed by atoms with Gasteiger partial charge >= 0.3 is 0 Å². The largest absolute Gasteiger partial charge is 0.269 e. The maximum Gasteiger partial charge on any atom is 0.269 e. The Labute approximate surface area is 98.5 Å². The number of nitro benzene ring substituents is 1. The highest BCUT2D eigenvalue weighted by Crippen LogP contribution is 2.28. The first-order chi connectivity index (χ1) is 7.85. The minimum absolute atomic E-state index is 0.0174. The van der Waals surface area contributed by atoms with Crippen molar-refractivity contribution in [3.8, 4) is 0 Å². The third-order valence-corrected chi connectivity index (χ3v) is 3.23. The van der Waals surface area contributed by atoms with Crippen molar-refractivity contribution >= 4 is 15.8 Å². The van der Waals surface area contributed by atoms with E-state index in [-0.39, 0.29) is 5.69 Å². The third-order valence-electron chi connectivity index (χ3n) is 2.61. The number of benzene rings is 1. The van der Waals surface area contributed by atoms with E-state index in [4.69, 9.17) is 4.18 Å². The fourth-order valence-corrected chi connectivity index (χ4v) is 2.62. The Morgan fingerprint density at radius 2 is 2.00 bits per heavy atom. The van der Waals surface area contributed by atoms with Crippen molar-refractivity contribution in [1.29, 1.82) is 0 Å². The smallest absolute Gasteiger partial charge is 0.266 e. The summed E-state index contributed by atoms with van der Waals surface area (Å²) in [5.74, 6) is 0. The molecule has 0 saturated heterocycles. The molecule has 1 atom stereocenters. The first kappa shape index (κ1) is 12.0. The first-order valence-electron chi connectivity index (χ1n) is 4.99. The van der Waals surface area contributed by atoms with Crippen molar-refractivity contribution in [2.24, 2.45) is 0 Å². The molecule has 92 valence electrons. The van der Waals surface area contributed by atoms with E-state index in [1.165, 1.54) is 12.1 Å². The van der Waals surface area contributed by atoms with E-state index in [1.807, 2.05) is 0 Å². The van der Waals surface area contributed by atoms with Crippen LogP contribution in [0.2, 0.25) is 0 Å². The van der Waals surface area contributed by atoms with Crippen molar-refractivity contribution in [2.45, 2.75) is 18.9 Å². The van der Waals surface area contributed by atoms with E-state index in [0.717, 1.165) is 17.4 Å². The van der Waals surface area contributed by atoms with E-state index in [2.05, 4.69) is 0 Å². The second-order valence-electron chi connectivity index (χ2n) is 4.04. The lowest BCUT2D eigenvalue weighted by Gasteiger charge is -2.07. The Bertz CT molecular complexity index is 566. The molecule has 0 spiro atoms. The van der Waals surface area contributed by atoms with Crippen molar-refractivity contribution in [3.05, 3.63) is 39.4 Å². The normalized spacial score (nSPS) is 19.0. The van der Waals surface area contributed by atoms with E-state index in [9.17, 15) is 18.5 Å². The number of nitrogens with zero attached hydrogens (tertiary/aromatic N) is 1. The number of hydrogen-bond donors (Lipinski definition) is 0. The van der Waals surface area contributed by atoms with Gasteiger partial charge in [-0.2, -0.15) is 8.42 Å². The van der Waals surface area contributed by atoms with Crippen LogP contribution >= 0.6 is 0 Å². The van der Waals surface area contributed by atoms with Gasteiger partial charge in [0.15, 0.2) is 0 Å². The van der Waals surface area contributed by atoms with Gasteiger partial charge in [0.2, 0.25) is 0 Å². The molecular weight excluding hydrogens is 246 g/mol. The van der Waals surface area contributed by atoms with Gasteiger partial charge in [-0.05, 0) is 11.1 Å². The Morgan fingerprint density at radius 1 is 1.35 bits per heavy atom. The summed E-state index contributed by atoms with van der Waals surface area (Å²) in [5.41, 5.74) is 1.71. The van der Waals surface area contributed by atoms with Crippen LogP contribution in [0.5, 0.6) is 0 Å². The van der Waals surface area contributed by atoms with Crippen molar-refractivity contribution in [2.75, 3.05) is 6.26 Å². The van der Waals surface area contributed by atoms with Crippen LogP contribution in [0.3, 0.4) is 0 Å². The molecule has 0 bridgehead atoms. The summed E-state index contributed by atoms with van der Waals surface area (Å²) in [6.45, 7) is 0. The van der Waals surface area contributed by atoms with Crippen LogP contribution in [0.1, 0.15) is 11.1 Å². The Balaban J connectivity index is 2.19. The maximum atomic E-state index is 11.0. The van der Waals surface area contributed by atoms with Gasteiger partial charge in [0.1, 0.15) is 0 Å². The van der Waals surface area contributed by atoms with Gasteiger partial charge in [-0.3, -0.25) is 14.3 Å². The van der Waals surface area contributed by atoms with E-state index in [1.54, 1.807) is 6.07 Å². The molecule has 0 amide bonds. The number of nitro groups is 1. The van der Waals surface area contributed by atoms with E-state index >= 15 is 0 Å². The second kappa shape index (κ2) is 4.08. The molecule has 0 heterocycles. The summed E-state index contributed by atoms with van der Waals surface area (Å²) in [5, 5.41) is 10.6. The third kappa shape index (κ3) is 2.80. The quantitative estimate of drug-likeness (QED) is 0.458. The molecule has 0 aliphatic heterocycles. The van der Waals surface area contributed by atoms with Crippen LogP contribution in [-0.2, 0) is 27.1 Å². The molecule has 0 saturated carbocycles. The zero-order valence-electron chi connectivity index (χ0n) is 9.12.